The quantitative estimate of drug-likeness (QED) is 0.695. The van der Waals surface area contributed by atoms with Crippen molar-refractivity contribution in [1.29, 1.82) is 0 Å². The summed E-state index contributed by atoms with van der Waals surface area (Å²) >= 11 is 3.38. The Kier molecular flexibility index (Phi) is 7.86. The summed E-state index contributed by atoms with van der Waals surface area (Å²) in [4.78, 5) is 0. The molecule has 0 amide bonds. The van der Waals surface area contributed by atoms with E-state index in [4.69, 9.17) is 0 Å². The average Bonchev–Trinajstić information content (AvgIpc) is 2.15. The minimum Gasteiger partial charge on any atom is -0.215 e. The van der Waals surface area contributed by atoms with E-state index in [0.29, 0.717) is 12.5 Å². The number of halogens is 1. The zero-order valence-electron chi connectivity index (χ0n) is 8.92. The molecule has 0 fully saturated rings. The smallest absolute Gasteiger partial charge is 0.211 e. The van der Waals surface area contributed by atoms with Crippen molar-refractivity contribution in [3.8, 4) is 0 Å². The zero-order chi connectivity index (χ0) is 11.0. The van der Waals surface area contributed by atoms with Gasteiger partial charge in [-0.1, -0.05) is 29.3 Å². The third-order valence-electron chi connectivity index (χ3n) is 2.19. The van der Waals surface area contributed by atoms with E-state index in [0.717, 1.165) is 24.6 Å². The first kappa shape index (κ1) is 14.4. The van der Waals surface area contributed by atoms with Crippen LogP contribution in [-0.2, 0) is 10.0 Å². The third kappa shape index (κ3) is 6.79. The van der Waals surface area contributed by atoms with E-state index >= 15 is 0 Å². The van der Waals surface area contributed by atoms with Crippen molar-refractivity contribution in [2.24, 2.45) is 5.92 Å². The van der Waals surface area contributed by atoms with Gasteiger partial charge < -0.3 is 0 Å². The van der Waals surface area contributed by atoms with Crippen molar-refractivity contribution in [3.05, 3.63) is 0 Å². The molecular weight excluding hydrogens is 266 g/mol. The highest BCUT2D eigenvalue weighted by Gasteiger charge is 2.11. The van der Waals surface area contributed by atoms with E-state index in [9.17, 15) is 8.42 Å². The summed E-state index contributed by atoms with van der Waals surface area (Å²) in [5.74, 6) is 0.626. The summed E-state index contributed by atoms with van der Waals surface area (Å²) in [5.41, 5.74) is 0. The van der Waals surface area contributed by atoms with Crippen molar-refractivity contribution >= 4 is 26.0 Å². The highest BCUT2D eigenvalue weighted by molar-refractivity contribution is 9.09. The van der Waals surface area contributed by atoms with Crippen LogP contribution in [0.5, 0.6) is 0 Å². The molecule has 86 valence electrons. The van der Waals surface area contributed by atoms with Crippen LogP contribution in [0.1, 0.15) is 33.1 Å². The summed E-state index contributed by atoms with van der Waals surface area (Å²) < 4.78 is 25.0. The summed E-state index contributed by atoms with van der Waals surface area (Å²) in [6, 6.07) is 0. The second-order valence-corrected chi connectivity index (χ2v) is 6.27. The maximum atomic E-state index is 11.2. The topological polar surface area (TPSA) is 46.2 Å². The normalized spacial score (nSPS) is 14.2. The molecule has 0 radical (unpaired) electrons. The predicted octanol–water partition coefficient (Wildman–Crippen LogP) is 2.13. The fraction of sp³-hybridized carbons (Fsp3) is 1.00. The Hall–Kier alpha value is 0.390. The molecule has 0 heterocycles. The van der Waals surface area contributed by atoms with Crippen molar-refractivity contribution in [1.82, 2.24) is 4.72 Å². The number of hydrogen-bond donors (Lipinski definition) is 1. The minimum absolute atomic E-state index is 0.167. The first-order valence-corrected chi connectivity index (χ1v) is 7.86. The summed E-state index contributed by atoms with van der Waals surface area (Å²) in [6.45, 7) is 4.35. The molecule has 0 aromatic heterocycles. The van der Waals surface area contributed by atoms with Gasteiger partial charge in [-0.2, -0.15) is 0 Å². The van der Waals surface area contributed by atoms with Crippen LogP contribution in [0.25, 0.3) is 0 Å². The lowest BCUT2D eigenvalue weighted by atomic mass is 10.0. The second kappa shape index (κ2) is 7.65. The highest BCUT2D eigenvalue weighted by atomic mass is 79.9. The van der Waals surface area contributed by atoms with Crippen molar-refractivity contribution < 1.29 is 8.42 Å². The fourth-order valence-corrected chi connectivity index (χ4v) is 2.60. The van der Waals surface area contributed by atoms with Gasteiger partial charge in [0.1, 0.15) is 0 Å². The molecule has 5 heteroatoms. The molecular formula is C9H20BrNO2S. The Morgan fingerprint density at radius 1 is 1.29 bits per heavy atom. The SMILES string of the molecule is CCCC(CCBr)CNS(=O)(=O)CC. The molecule has 0 aliphatic carbocycles. The number of alkyl halides is 1. The molecule has 1 unspecified atom stereocenters. The van der Waals surface area contributed by atoms with Crippen molar-refractivity contribution in [3.63, 3.8) is 0 Å². The molecule has 0 aromatic rings. The first-order valence-electron chi connectivity index (χ1n) is 5.09. The minimum atomic E-state index is -3.02. The molecule has 0 spiro atoms. The molecule has 0 saturated heterocycles. The highest BCUT2D eigenvalue weighted by Crippen LogP contribution is 2.11. The van der Waals surface area contributed by atoms with Crippen LogP contribution in [0.3, 0.4) is 0 Å². The molecule has 0 saturated carbocycles. The van der Waals surface area contributed by atoms with Crippen LogP contribution < -0.4 is 4.72 Å². The summed E-state index contributed by atoms with van der Waals surface area (Å²) in [7, 11) is -3.02. The Balaban J connectivity index is 3.92. The fourth-order valence-electron chi connectivity index (χ4n) is 1.26. The first-order chi connectivity index (χ1) is 6.55. The third-order valence-corrected chi connectivity index (χ3v) is 4.01. The van der Waals surface area contributed by atoms with E-state index < -0.39 is 10.0 Å². The van der Waals surface area contributed by atoms with Gasteiger partial charge in [0.25, 0.3) is 0 Å². The van der Waals surface area contributed by atoms with Crippen LogP contribution in [0.2, 0.25) is 0 Å². The lowest BCUT2D eigenvalue weighted by molar-refractivity contribution is 0.459. The van der Waals surface area contributed by atoms with E-state index in [1.807, 2.05) is 0 Å². The van der Waals surface area contributed by atoms with Crippen LogP contribution in [0, 0.1) is 5.92 Å². The van der Waals surface area contributed by atoms with Gasteiger partial charge in [-0.05, 0) is 25.7 Å². The lowest BCUT2D eigenvalue weighted by Gasteiger charge is -2.15. The van der Waals surface area contributed by atoms with Gasteiger partial charge in [0, 0.05) is 11.9 Å². The van der Waals surface area contributed by atoms with Gasteiger partial charge >= 0.3 is 0 Å². The molecule has 1 atom stereocenters. The van der Waals surface area contributed by atoms with E-state index in [2.05, 4.69) is 27.6 Å². The largest absolute Gasteiger partial charge is 0.215 e. The zero-order valence-corrected chi connectivity index (χ0v) is 11.3. The second-order valence-electron chi connectivity index (χ2n) is 3.38. The van der Waals surface area contributed by atoms with Gasteiger partial charge in [0.15, 0.2) is 0 Å². The number of hydrogen-bond acceptors (Lipinski definition) is 2. The number of rotatable bonds is 8. The molecule has 0 aromatic carbocycles. The Morgan fingerprint density at radius 3 is 2.36 bits per heavy atom. The van der Waals surface area contributed by atoms with E-state index in [-0.39, 0.29) is 5.75 Å². The predicted molar refractivity (Wildman–Crippen MR) is 64.3 cm³/mol. The van der Waals surface area contributed by atoms with Gasteiger partial charge in [-0.3, -0.25) is 0 Å². The van der Waals surface area contributed by atoms with Gasteiger partial charge in [-0.15, -0.1) is 0 Å². The van der Waals surface area contributed by atoms with E-state index in [1.165, 1.54) is 0 Å². The molecule has 3 nitrogen and oxygen atoms in total. The molecule has 0 rings (SSSR count). The molecule has 1 N–H and O–H groups in total. The van der Waals surface area contributed by atoms with Crippen LogP contribution >= 0.6 is 15.9 Å². The molecule has 14 heavy (non-hydrogen) atoms. The standard InChI is InChI=1S/C9H20BrNO2S/c1-3-5-9(6-7-10)8-11-14(12,13)4-2/h9,11H,3-8H2,1-2H3. The monoisotopic (exact) mass is 285 g/mol. The Morgan fingerprint density at radius 2 is 1.93 bits per heavy atom. The van der Waals surface area contributed by atoms with E-state index in [1.54, 1.807) is 6.92 Å². The van der Waals surface area contributed by atoms with Gasteiger partial charge in [-0.25, -0.2) is 13.1 Å². The lowest BCUT2D eigenvalue weighted by Crippen LogP contribution is -2.30. The Labute approximate surface area is 95.8 Å². The van der Waals surface area contributed by atoms with Crippen LogP contribution in [-0.4, -0.2) is 26.0 Å². The van der Waals surface area contributed by atoms with Crippen LogP contribution in [0.15, 0.2) is 0 Å². The van der Waals surface area contributed by atoms with Gasteiger partial charge in [0.2, 0.25) is 10.0 Å². The maximum Gasteiger partial charge on any atom is 0.211 e. The average molecular weight is 286 g/mol. The summed E-state index contributed by atoms with van der Waals surface area (Å²) in [6.07, 6.45) is 3.21. The number of nitrogens with one attached hydrogen (secondary N) is 1. The summed E-state index contributed by atoms with van der Waals surface area (Å²) in [5, 5.41) is 0.936. The van der Waals surface area contributed by atoms with Crippen molar-refractivity contribution in [2.75, 3.05) is 17.6 Å². The molecule has 0 aliphatic heterocycles. The molecule has 0 bridgehead atoms. The Bertz CT molecular complexity index is 223. The maximum absolute atomic E-state index is 11.2. The van der Waals surface area contributed by atoms with Gasteiger partial charge in [0.05, 0.1) is 5.75 Å². The van der Waals surface area contributed by atoms with Crippen LogP contribution in [0.4, 0.5) is 0 Å². The van der Waals surface area contributed by atoms with Crippen molar-refractivity contribution in [2.45, 2.75) is 33.1 Å². The molecule has 0 aliphatic rings. The number of sulfonamides is 1.